The molecule has 88 valence electrons. The van der Waals surface area contributed by atoms with Gasteiger partial charge in [0.05, 0.1) is 0 Å². The van der Waals surface area contributed by atoms with Crippen molar-refractivity contribution in [2.45, 2.75) is 11.2 Å². The molecule has 0 N–H and O–H groups in total. The Hall–Kier alpha value is -0.860. The van der Waals surface area contributed by atoms with Crippen LogP contribution in [0.2, 0.25) is 5.02 Å². The highest BCUT2D eigenvalue weighted by molar-refractivity contribution is 9.09. The zero-order valence-electron chi connectivity index (χ0n) is 9.04. The largest absolute Gasteiger partial charge is 0.207 e. The molecular formula is C14H11BrClF. The van der Waals surface area contributed by atoms with E-state index in [1.165, 1.54) is 6.07 Å². The summed E-state index contributed by atoms with van der Waals surface area (Å²) < 4.78 is 13.6. The van der Waals surface area contributed by atoms with E-state index in [1.54, 1.807) is 12.1 Å². The summed E-state index contributed by atoms with van der Waals surface area (Å²) in [6, 6.07) is 14.4. The van der Waals surface area contributed by atoms with E-state index in [1.807, 2.05) is 30.3 Å². The Bertz CT molecular complexity index is 513. The maximum absolute atomic E-state index is 13.6. The molecule has 0 saturated heterocycles. The van der Waals surface area contributed by atoms with Crippen molar-refractivity contribution in [3.8, 4) is 0 Å². The Balaban J connectivity index is 2.20. The monoisotopic (exact) mass is 312 g/mol. The van der Waals surface area contributed by atoms with Crippen molar-refractivity contribution in [2.75, 3.05) is 0 Å². The Morgan fingerprint density at radius 2 is 1.71 bits per heavy atom. The van der Waals surface area contributed by atoms with E-state index in [4.69, 9.17) is 11.6 Å². The molecule has 0 aliphatic rings. The minimum absolute atomic E-state index is 0.0661. The highest BCUT2D eigenvalue weighted by Gasteiger charge is 2.13. The molecule has 0 spiro atoms. The minimum Gasteiger partial charge on any atom is -0.207 e. The summed E-state index contributed by atoms with van der Waals surface area (Å²) in [5.41, 5.74) is 1.67. The Morgan fingerprint density at radius 1 is 1.06 bits per heavy atom. The third kappa shape index (κ3) is 3.08. The van der Waals surface area contributed by atoms with Crippen molar-refractivity contribution in [1.29, 1.82) is 0 Å². The Kier molecular flexibility index (Phi) is 4.19. The van der Waals surface area contributed by atoms with Gasteiger partial charge < -0.3 is 0 Å². The molecule has 0 fully saturated rings. The molecule has 2 aromatic rings. The highest BCUT2D eigenvalue weighted by Crippen LogP contribution is 2.31. The number of hydrogen-bond donors (Lipinski definition) is 0. The zero-order chi connectivity index (χ0) is 12.3. The fraction of sp³-hybridized carbons (Fsp3) is 0.143. The minimum atomic E-state index is -0.193. The molecule has 1 unspecified atom stereocenters. The number of alkyl halides is 1. The molecule has 0 aromatic heterocycles. The molecule has 0 amide bonds. The Labute approximate surface area is 114 Å². The topological polar surface area (TPSA) is 0 Å². The van der Waals surface area contributed by atoms with Gasteiger partial charge >= 0.3 is 0 Å². The van der Waals surface area contributed by atoms with E-state index < -0.39 is 0 Å². The average Bonchev–Trinajstić information content (AvgIpc) is 2.32. The first kappa shape index (κ1) is 12.6. The summed E-state index contributed by atoms with van der Waals surface area (Å²) in [6.07, 6.45) is 0.667. The fourth-order valence-corrected chi connectivity index (χ4v) is 2.63. The average molecular weight is 314 g/mol. The van der Waals surface area contributed by atoms with Gasteiger partial charge in [-0.1, -0.05) is 63.9 Å². The molecule has 0 nitrogen and oxygen atoms in total. The second kappa shape index (κ2) is 5.65. The molecule has 0 radical (unpaired) electrons. The van der Waals surface area contributed by atoms with Gasteiger partial charge in [0.15, 0.2) is 0 Å². The van der Waals surface area contributed by atoms with Crippen LogP contribution in [0.25, 0.3) is 0 Å². The third-order valence-corrected chi connectivity index (χ3v) is 3.79. The second-order valence-electron chi connectivity index (χ2n) is 3.78. The first-order chi connectivity index (χ1) is 8.18. The van der Waals surface area contributed by atoms with Crippen LogP contribution < -0.4 is 0 Å². The van der Waals surface area contributed by atoms with Gasteiger partial charge in [0, 0.05) is 15.4 Å². The van der Waals surface area contributed by atoms with Crippen molar-refractivity contribution in [3.05, 3.63) is 70.5 Å². The Morgan fingerprint density at radius 3 is 2.41 bits per heavy atom. The van der Waals surface area contributed by atoms with E-state index in [0.29, 0.717) is 17.0 Å². The summed E-state index contributed by atoms with van der Waals surface area (Å²) in [5.74, 6) is -0.193. The molecule has 0 heterocycles. The zero-order valence-corrected chi connectivity index (χ0v) is 11.4. The predicted octanol–water partition coefficient (Wildman–Crippen LogP) is 5.16. The van der Waals surface area contributed by atoms with Crippen molar-refractivity contribution in [2.24, 2.45) is 0 Å². The van der Waals surface area contributed by atoms with Crippen molar-refractivity contribution in [1.82, 2.24) is 0 Å². The SMILES string of the molecule is Fc1ccccc1C(Br)Cc1ccccc1Cl. The normalized spacial score (nSPS) is 12.4. The van der Waals surface area contributed by atoms with Crippen LogP contribution in [0.3, 0.4) is 0 Å². The van der Waals surface area contributed by atoms with Gasteiger partial charge in [0.1, 0.15) is 5.82 Å². The fourth-order valence-electron chi connectivity index (χ4n) is 1.70. The summed E-state index contributed by atoms with van der Waals surface area (Å²) in [4.78, 5) is -0.0661. The molecule has 2 aromatic carbocycles. The van der Waals surface area contributed by atoms with Crippen LogP contribution in [-0.4, -0.2) is 0 Å². The van der Waals surface area contributed by atoms with Crippen LogP contribution in [0.15, 0.2) is 48.5 Å². The van der Waals surface area contributed by atoms with Crippen LogP contribution in [0.4, 0.5) is 4.39 Å². The molecule has 3 heteroatoms. The van der Waals surface area contributed by atoms with Gasteiger partial charge in [-0.2, -0.15) is 0 Å². The maximum atomic E-state index is 13.6. The number of rotatable bonds is 3. The van der Waals surface area contributed by atoms with Gasteiger partial charge in [0.2, 0.25) is 0 Å². The summed E-state index contributed by atoms with van der Waals surface area (Å²) >= 11 is 9.59. The summed E-state index contributed by atoms with van der Waals surface area (Å²) in [6.45, 7) is 0. The summed E-state index contributed by atoms with van der Waals surface area (Å²) in [5, 5.41) is 0.716. The van der Waals surface area contributed by atoms with Gasteiger partial charge in [0.25, 0.3) is 0 Å². The van der Waals surface area contributed by atoms with E-state index in [2.05, 4.69) is 15.9 Å². The van der Waals surface area contributed by atoms with Crippen molar-refractivity contribution in [3.63, 3.8) is 0 Å². The van der Waals surface area contributed by atoms with Crippen molar-refractivity contribution < 1.29 is 4.39 Å². The van der Waals surface area contributed by atoms with Crippen LogP contribution in [-0.2, 0) is 6.42 Å². The van der Waals surface area contributed by atoms with Crippen LogP contribution in [0.1, 0.15) is 16.0 Å². The molecule has 17 heavy (non-hydrogen) atoms. The van der Waals surface area contributed by atoms with E-state index in [-0.39, 0.29) is 10.6 Å². The van der Waals surface area contributed by atoms with Gasteiger partial charge in [-0.15, -0.1) is 0 Å². The molecular weight excluding hydrogens is 303 g/mol. The first-order valence-corrected chi connectivity index (χ1v) is 6.59. The summed E-state index contributed by atoms with van der Waals surface area (Å²) in [7, 11) is 0. The van der Waals surface area contributed by atoms with Gasteiger partial charge in [-0.25, -0.2) is 4.39 Å². The number of benzene rings is 2. The van der Waals surface area contributed by atoms with Gasteiger partial charge in [-0.3, -0.25) is 0 Å². The van der Waals surface area contributed by atoms with Crippen LogP contribution >= 0.6 is 27.5 Å². The molecule has 0 saturated carbocycles. The van der Waals surface area contributed by atoms with E-state index >= 15 is 0 Å². The third-order valence-electron chi connectivity index (χ3n) is 2.60. The molecule has 0 bridgehead atoms. The molecule has 0 aliphatic heterocycles. The van der Waals surface area contributed by atoms with Crippen LogP contribution in [0, 0.1) is 5.82 Å². The van der Waals surface area contributed by atoms with Crippen LogP contribution in [0.5, 0.6) is 0 Å². The first-order valence-electron chi connectivity index (χ1n) is 5.30. The number of hydrogen-bond acceptors (Lipinski definition) is 0. The lowest BCUT2D eigenvalue weighted by Gasteiger charge is -2.12. The molecule has 1 atom stereocenters. The smallest absolute Gasteiger partial charge is 0.127 e. The lowest BCUT2D eigenvalue weighted by atomic mass is 10.0. The number of halogens is 3. The second-order valence-corrected chi connectivity index (χ2v) is 5.30. The van der Waals surface area contributed by atoms with E-state index in [9.17, 15) is 4.39 Å². The van der Waals surface area contributed by atoms with Gasteiger partial charge in [-0.05, 0) is 24.1 Å². The van der Waals surface area contributed by atoms with E-state index in [0.717, 1.165) is 5.56 Å². The standard InChI is InChI=1S/C14H11BrClF/c15-12(11-6-2-4-8-14(11)17)9-10-5-1-3-7-13(10)16/h1-8,12H,9H2. The maximum Gasteiger partial charge on any atom is 0.127 e. The van der Waals surface area contributed by atoms with Crippen molar-refractivity contribution >= 4 is 27.5 Å². The lowest BCUT2D eigenvalue weighted by molar-refractivity contribution is 0.608. The molecule has 2 rings (SSSR count). The highest BCUT2D eigenvalue weighted by atomic mass is 79.9. The molecule has 0 aliphatic carbocycles. The predicted molar refractivity (Wildman–Crippen MR) is 73.2 cm³/mol. The quantitative estimate of drug-likeness (QED) is 0.687. The lowest BCUT2D eigenvalue weighted by Crippen LogP contribution is -1.98.